The number of rotatable bonds is 6. The van der Waals surface area contributed by atoms with E-state index in [1.165, 1.54) is 54.1 Å². The Kier molecular flexibility index (Phi) is 6.75. The van der Waals surface area contributed by atoms with E-state index in [9.17, 15) is 0 Å². The van der Waals surface area contributed by atoms with Gasteiger partial charge in [-0.1, -0.05) is 61.2 Å². The van der Waals surface area contributed by atoms with Crippen molar-refractivity contribution in [2.24, 2.45) is 11.8 Å². The Morgan fingerprint density at radius 1 is 1.19 bits per heavy atom. The van der Waals surface area contributed by atoms with E-state index in [0.717, 1.165) is 18.4 Å². The van der Waals surface area contributed by atoms with Gasteiger partial charge in [-0.2, -0.15) is 0 Å². The summed E-state index contributed by atoms with van der Waals surface area (Å²) in [5.41, 5.74) is 2.90. The average Bonchev–Trinajstić information content (AvgIpc) is 2.52. The summed E-state index contributed by atoms with van der Waals surface area (Å²) in [4.78, 5) is 0. The molecule has 0 spiro atoms. The van der Waals surface area contributed by atoms with E-state index in [-0.39, 0.29) is 0 Å². The van der Waals surface area contributed by atoms with Crippen LogP contribution in [0.15, 0.2) is 22.7 Å². The summed E-state index contributed by atoms with van der Waals surface area (Å²) in [7, 11) is 0. The van der Waals surface area contributed by atoms with E-state index in [1.54, 1.807) is 0 Å². The van der Waals surface area contributed by atoms with Crippen molar-refractivity contribution in [1.82, 2.24) is 5.32 Å². The summed E-state index contributed by atoms with van der Waals surface area (Å²) < 4.78 is 1.24. The molecule has 0 radical (unpaired) electrons. The molecule has 0 amide bonds. The van der Waals surface area contributed by atoms with Gasteiger partial charge in [-0.25, -0.2) is 0 Å². The van der Waals surface area contributed by atoms with Crippen LogP contribution in [0.5, 0.6) is 0 Å². The fourth-order valence-electron chi connectivity index (χ4n) is 3.72. The predicted molar refractivity (Wildman–Crippen MR) is 95.7 cm³/mol. The van der Waals surface area contributed by atoms with Gasteiger partial charge >= 0.3 is 0 Å². The zero-order valence-corrected chi connectivity index (χ0v) is 15.4. The molecule has 0 heterocycles. The van der Waals surface area contributed by atoms with Crippen molar-refractivity contribution in [1.29, 1.82) is 0 Å². The first kappa shape index (κ1) is 17.0. The second-order valence-corrected chi connectivity index (χ2v) is 7.43. The Bertz CT molecular complexity index is 435. The summed E-state index contributed by atoms with van der Waals surface area (Å²) in [5.74, 6) is 1.77. The van der Waals surface area contributed by atoms with E-state index in [2.05, 4.69) is 60.2 Å². The van der Waals surface area contributed by atoms with Gasteiger partial charge in [0, 0.05) is 10.5 Å². The number of hydrogen-bond acceptors (Lipinski definition) is 1. The molecule has 0 aliphatic heterocycles. The molecule has 1 aliphatic carbocycles. The summed E-state index contributed by atoms with van der Waals surface area (Å²) in [6.07, 6.45) is 8.15. The van der Waals surface area contributed by atoms with Crippen molar-refractivity contribution >= 4 is 15.9 Å². The van der Waals surface area contributed by atoms with Crippen LogP contribution >= 0.6 is 15.9 Å². The molecule has 1 saturated carbocycles. The number of hydrogen-bond donors (Lipinski definition) is 1. The summed E-state index contributed by atoms with van der Waals surface area (Å²) >= 11 is 3.70. The van der Waals surface area contributed by atoms with Crippen LogP contribution in [0.1, 0.15) is 69.5 Å². The van der Waals surface area contributed by atoms with Crippen molar-refractivity contribution in [2.75, 3.05) is 6.54 Å². The molecule has 0 saturated heterocycles. The SMILES string of the molecule is CCCNC(c1cccc(Br)c1C)C1CCC(CC)CC1. The van der Waals surface area contributed by atoms with Gasteiger partial charge in [0.25, 0.3) is 0 Å². The van der Waals surface area contributed by atoms with Crippen LogP contribution in [0.2, 0.25) is 0 Å². The van der Waals surface area contributed by atoms with Gasteiger partial charge in [0.1, 0.15) is 0 Å². The summed E-state index contributed by atoms with van der Waals surface area (Å²) in [6, 6.07) is 7.19. The molecular formula is C19H30BrN. The van der Waals surface area contributed by atoms with E-state index in [1.807, 2.05) is 0 Å². The summed E-state index contributed by atoms with van der Waals surface area (Å²) in [5, 5.41) is 3.84. The van der Waals surface area contributed by atoms with Gasteiger partial charge in [0.15, 0.2) is 0 Å². The molecule has 2 rings (SSSR count). The summed E-state index contributed by atoms with van der Waals surface area (Å²) in [6.45, 7) is 7.96. The van der Waals surface area contributed by atoms with Crippen LogP contribution in [-0.2, 0) is 0 Å². The van der Waals surface area contributed by atoms with E-state index in [0.29, 0.717) is 6.04 Å². The zero-order chi connectivity index (χ0) is 15.2. The monoisotopic (exact) mass is 351 g/mol. The number of nitrogens with one attached hydrogen (secondary N) is 1. The maximum Gasteiger partial charge on any atom is 0.0351 e. The Balaban J connectivity index is 2.16. The van der Waals surface area contributed by atoms with Crippen molar-refractivity contribution in [3.8, 4) is 0 Å². The first-order valence-corrected chi connectivity index (χ1v) is 9.45. The van der Waals surface area contributed by atoms with E-state index >= 15 is 0 Å². The predicted octanol–water partition coefficient (Wildman–Crippen LogP) is 6.01. The lowest BCUT2D eigenvalue weighted by Gasteiger charge is -2.35. The third kappa shape index (κ3) is 4.32. The van der Waals surface area contributed by atoms with Crippen LogP contribution in [-0.4, -0.2) is 6.54 Å². The smallest absolute Gasteiger partial charge is 0.0351 e. The maximum atomic E-state index is 3.84. The average molecular weight is 352 g/mol. The molecule has 0 aromatic heterocycles. The molecule has 118 valence electrons. The molecule has 1 aromatic carbocycles. The molecule has 21 heavy (non-hydrogen) atoms. The molecule has 1 aromatic rings. The van der Waals surface area contributed by atoms with Gasteiger partial charge in [0.2, 0.25) is 0 Å². The molecule has 1 N–H and O–H groups in total. The molecule has 1 aliphatic rings. The minimum Gasteiger partial charge on any atom is -0.310 e. The molecule has 1 nitrogen and oxygen atoms in total. The third-order valence-electron chi connectivity index (χ3n) is 5.20. The van der Waals surface area contributed by atoms with Gasteiger partial charge in [0.05, 0.1) is 0 Å². The van der Waals surface area contributed by atoms with Gasteiger partial charge in [-0.05, 0) is 61.8 Å². The first-order chi connectivity index (χ1) is 10.2. The maximum absolute atomic E-state index is 3.84. The quantitative estimate of drug-likeness (QED) is 0.661. The lowest BCUT2D eigenvalue weighted by molar-refractivity contribution is 0.218. The zero-order valence-electron chi connectivity index (χ0n) is 13.8. The molecule has 1 atom stereocenters. The van der Waals surface area contributed by atoms with Crippen molar-refractivity contribution in [3.05, 3.63) is 33.8 Å². The highest BCUT2D eigenvalue weighted by Gasteiger charge is 2.28. The molecule has 0 bridgehead atoms. The number of benzene rings is 1. The van der Waals surface area contributed by atoms with Crippen molar-refractivity contribution in [2.45, 2.75) is 65.3 Å². The van der Waals surface area contributed by atoms with E-state index in [4.69, 9.17) is 0 Å². The van der Waals surface area contributed by atoms with E-state index < -0.39 is 0 Å². The molecule has 1 fully saturated rings. The lowest BCUT2D eigenvalue weighted by atomic mass is 9.75. The largest absolute Gasteiger partial charge is 0.310 e. The lowest BCUT2D eigenvalue weighted by Crippen LogP contribution is -2.32. The van der Waals surface area contributed by atoms with Gasteiger partial charge in [-0.15, -0.1) is 0 Å². The topological polar surface area (TPSA) is 12.0 Å². The molecular weight excluding hydrogens is 322 g/mol. The Labute approximate surface area is 139 Å². The Morgan fingerprint density at radius 3 is 2.52 bits per heavy atom. The Morgan fingerprint density at radius 2 is 1.90 bits per heavy atom. The van der Waals surface area contributed by atoms with Crippen LogP contribution in [0.4, 0.5) is 0 Å². The minimum atomic E-state index is 0.528. The van der Waals surface area contributed by atoms with Crippen molar-refractivity contribution in [3.63, 3.8) is 0 Å². The fraction of sp³-hybridized carbons (Fsp3) is 0.684. The Hall–Kier alpha value is -0.340. The second kappa shape index (κ2) is 8.33. The van der Waals surface area contributed by atoms with Crippen LogP contribution < -0.4 is 5.32 Å². The highest BCUT2D eigenvalue weighted by Crippen LogP contribution is 2.39. The van der Waals surface area contributed by atoms with Gasteiger partial charge < -0.3 is 5.32 Å². The second-order valence-electron chi connectivity index (χ2n) is 6.57. The van der Waals surface area contributed by atoms with Crippen LogP contribution in [0.25, 0.3) is 0 Å². The molecule has 2 heteroatoms. The third-order valence-corrected chi connectivity index (χ3v) is 6.06. The standard InChI is InChI=1S/C19H30BrN/c1-4-13-21-19(16-11-9-15(5-2)10-12-16)17-7-6-8-18(20)14(17)3/h6-8,15-16,19,21H,4-5,9-13H2,1-3H3. The van der Waals surface area contributed by atoms with Gasteiger partial charge in [-0.3, -0.25) is 0 Å². The number of halogens is 1. The highest BCUT2D eigenvalue weighted by atomic mass is 79.9. The highest BCUT2D eigenvalue weighted by molar-refractivity contribution is 9.10. The molecule has 1 unspecified atom stereocenters. The minimum absolute atomic E-state index is 0.528. The fourth-order valence-corrected chi connectivity index (χ4v) is 4.10. The van der Waals surface area contributed by atoms with Crippen molar-refractivity contribution < 1.29 is 0 Å². The van der Waals surface area contributed by atoms with Crippen LogP contribution in [0, 0.1) is 18.8 Å². The first-order valence-electron chi connectivity index (χ1n) is 8.65. The normalized spacial score (nSPS) is 24.0. The van der Waals surface area contributed by atoms with Crippen LogP contribution in [0.3, 0.4) is 0 Å².